The van der Waals surface area contributed by atoms with Crippen LogP contribution in [0.4, 0.5) is 0 Å². The molecule has 2 aromatic heterocycles. The molecule has 1 saturated heterocycles. The van der Waals surface area contributed by atoms with Gasteiger partial charge in [0, 0.05) is 32.7 Å². The zero-order valence-electron chi connectivity index (χ0n) is 16.5. The predicted molar refractivity (Wildman–Crippen MR) is 120 cm³/mol. The second-order valence-corrected chi connectivity index (χ2v) is 8.51. The Balaban J connectivity index is 1.22. The van der Waals surface area contributed by atoms with E-state index in [0.29, 0.717) is 23.3 Å². The van der Waals surface area contributed by atoms with Crippen LogP contribution in [0.2, 0.25) is 0 Å². The molecule has 6 nitrogen and oxygen atoms in total. The van der Waals surface area contributed by atoms with Crippen LogP contribution in [0.15, 0.2) is 65.0 Å². The van der Waals surface area contributed by atoms with Gasteiger partial charge in [0.1, 0.15) is 11.4 Å². The Bertz CT molecular complexity index is 1270. The SMILES string of the molecule is O=C(Cn1cnc2sccc2c1=O)N1CCN(Cc2cccc3ccccc23)CC1. The lowest BCUT2D eigenvalue weighted by molar-refractivity contribution is -0.133. The van der Waals surface area contributed by atoms with Crippen molar-refractivity contribution in [3.63, 3.8) is 0 Å². The summed E-state index contributed by atoms with van der Waals surface area (Å²) in [7, 11) is 0. The lowest BCUT2D eigenvalue weighted by Crippen LogP contribution is -2.49. The molecule has 3 heterocycles. The second-order valence-electron chi connectivity index (χ2n) is 7.61. The molecule has 0 radical (unpaired) electrons. The Labute approximate surface area is 178 Å². The number of carbonyl (C=O) groups is 1. The summed E-state index contributed by atoms with van der Waals surface area (Å²) in [5.74, 6) is -0.0294. The summed E-state index contributed by atoms with van der Waals surface area (Å²) < 4.78 is 1.42. The number of carbonyl (C=O) groups excluding carboxylic acids is 1. The summed E-state index contributed by atoms with van der Waals surface area (Å²) in [4.78, 5) is 34.5. The van der Waals surface area contributed by atoms with Gasteiger partial charge in [0.25, 0.3) is 5.56 Å². The Morgan fingerprint density at radius 2 is 1.77 bits per heavy atom. The topological polar surface area (TPSA) is 58.4 Å². The van der Waals surface area contributed by atoms with Crippen LogP contribution in [0.3, 0.4) is 0 Å². The molecule has 0 unspecified atom stereocenters. The Hall–Kier alpha value is -3.03. The fourth-order valence-electron chi connectivity index (χ4n) is 4.08. The van der Waals surface area contributed by atoms with Crippen molar-refractivity contribution in [2.45, 2.75) is 13.1 Å². The van der Waals surface area contributed by atoms with Gasteiger partial charge in [-0.1, -0.05) is 42.5 Å². The van der Waals surface area contributed by atoms with Crippen molar-refractivity contribution in [3.8, 4) is 0 Å². The summed E-state index contributed by atoms with van der Waals surface area (Å²) in [6.07, 6.45) is 1.48. The van der Waals surface area contributed by atoms with Crippen molar-refractivity contribution < 1.29 is 4.79 Å². The molecule has 0 atom stereocenters. The minimum Gasteiger partial charge on any atom is -0.339 e. The van der Waals surface area contributed by atoms with Crippen molar-refractivity contribution in [1.29, 1.82) is 0 Å². The summed E-state index contributed by atoms with van der Waals surface area (Å²) in [6.45, 7) is 3.92. The molecule has 1 amide bonds. The van der Waals surface area contributed by atoms with E-state index in [0.717, 1.165) is 19.6 Å². The van der Waals surface area contributed by atoms with Gasteiger partial charge in [-0.2, -0.15) is 0 Å². The van der Waals surface area contributed by atoms with Crippen molar-refractivity contribution in [1.82, 2.24) is 19.4 Å². The van der Waals surface area contributed by atoms with E-state index < -0.39 is 0 Å². The predicted octanol–water partition coefficient (Wildman–Crippen LogP) is 2.96. The van der Waals surface area contributed by atoms with Gasteiger partial charge in [-0.3, -0.25) is 19.1 Å². The quantitative estimate of drug-likeness (QED) is 0.511. The molecule has 5 rings (SSSR count). The number of rotatable bonds is 4. The second kappa shape index (κ2) is 8.01. The van der Waals surface area contributed by atoms with Crippen LogP contribution >= 0.6 is 11.3 Å². The average Bonchev–Trinajstić information content (AvgIpc) is 3.26. The number of thiophene rings is 1. The van der Waals surface area contributed by atoms with Crippen LogP contribution in [-0.4, -0.2) is 51.4 Å². The van der Waals surface area contributed by atoms with Crippen LogP contribution in [-0.2, 0) is 17.9 Å². The molecule has 1 aliphatic heterocycles. The van der Waals surface area contributed by atoms with Crippen molar-refractivity contribution in [2.75, 3.05) is 26.2 Å². The number of piperazine rings is 1. The molecule has 7 heteroatoms. The first kappa shape index (κ1) is 19.0. The monoisotopic (exact) mass is 418 g/mol. The normalized spacial score (nSPS) is 15.1. The molecule has 4 aromatic rings. The van der Waals surface area contributed by atoms with E-state index >= 15 is 0 Å². The molecule has 30 heavy (non-hydrogen) atoms. The van der Waals surface area contributed by atoms with E-state index in [-0.39, 0.29) is 18.0 Å². The molecular formula is C23H22N4O2S. The van der Waals surface area contributed by atoms with Gasteiger partial charge in [0.2, 0.25) is 5.91 Å². The highest BCUT2D eigenvalue weighted by molar-refractivity contribution is 7.16. The Kier molecular flexibility index (Phi) is 5.06. The molecule has 0 saturated carbocycles. The first-order valence-corrected chi connectivity index (χ1v) is 11.0. The van der Waals surface area contributed by atoms with Gasteiger partial charge in [-0.05, 0) is 27.8 Å². The van der Waals surface area contributed by atoms with Crippen LogP contribution in [0, 0.1) is 0 Å². The molecule has 1 aliphatic rings. The minimum atomic E-state index is -0.149. The van der Waals surface area contributed by atoms with E-state index in [2.05, 4.69) is 52.3 Å². The van der Waals surface area contributed by atoms with Crippen LogP contribution in [0.25, 0.3) is 21.0 Å². The first-order chi connectivity index (χ1) is 14.7. The molecule has 0 aliphatic carbocycles. The highest BCUT2D eigenvalue weighted by atomic mass is 32.1. The maximum Gasteiger partial charge on any atom is 0.262 e. The maximum atomic E-state index is 12.8. The molecule has 0 bridgehead atoms. The van der Waals surface area contributed by atoms with Gasteiger partial charge in [-0.25, -0.2) is 4.98 Å². The number of nitrogens with zero attached hydrogens (tertiary/aromatic N) is 4. The van der Waals surface area contributed by atoms with Crippen LogP contribution in [0.1, 0.15) is 5.56 Å². The van der Waals surface area contributed by atoms with Crippen molar-refractivity contribution >= 4 is 38.2 Å². The molecule has 1 fully saturated rings. The maximum absolute atomic E-state index is 12.8. The highest BCUT2D eigenvalue weighted by Gasteiger charge is 2.22. The third kappa shape index (κ3) is 3.62. The summed E-state index contributed by atoms with van der Waals surface area (Å²) in [5, 5.41) is 4.97. The number of hydrogen-bond acceptors (Lipinski definition) is 5. The van der Waals surface area contributed by atoms with E-state index in [4.69, 9.17) is 0 Å². The molecule has 0 spiro atoms. The summed E-state index contributed by atoms with van der Waals surface area (Å²) in [6, 6.07) is 16.6. The fourth-order valence-corrected chi connectivity index (χ4v) is 4.80. The lowest BCUT2D eigenvalue weighted by Gasteiger charge is -2.35. The first-order valence-electron chi connectivity index (χ1n) is 10.1. The third-order valence-electron chi connectivity index (χ3n) is 5.75. The smallest absolute Gasteiger partial charge is 0.262 e. The molecule has 152 valence electrons. The Morgan fingerprint density at radius 3 is 2.63 bits per heavy atom. The van der Waals surface area contributed by atoms with E-state index in [1.165, 1.54) is 38.6 Å². The number of hydrogen-bond donors (Lipinski definition) is 0. The fraction of sp³-hybridized carbons (Fsp3) is 0.261. The van der Waals surface area contributed by atoms with Gasteiger partial charge in [-0.15, -0.1) is 11.3 Å². The molecule has 0 N–H and O–H groups in total. The van der Waals surface area contributed by atoms with E-state index in [9.17, 15) is 9.59 Å². The third-order valence-corrected chi connectivity index (χ3v) is 6.58. The minimum absolute atomic E-state index is 0.0294. The lowest BCUT2D eigenvalue weighted by atomic mass is 10.0. The zero-order valence-corrected chi connectivity index (χ0v) is 17.3. The van der Waals surface area contributed by atoms with Crippen LogP contribution in [0.5, 0.6) is 0 Å². The summed E-state index contributed by atoms with van der Waals surface area (Å²) >= 11 is 1.43. The van der Waals surface area contributed by atoms with Crippen LogP contribution < -0.4 is 5.56 Å². The van der Waals surface area contributed by atoms with Crippen molar-refractivity contribution in [2.24, 2.45) is 0 Å². The van der Waals surface area contributed by atoms with Gasteiger partial charge in [0.15, 0.2) is 0 Å². The number of amides is 1. The van der Waals surface area contributed by atoms with Gasteiger partial charge < -0.3 is 4.90 Å². The van der Waals surface area contributed by atoms with Gasteiger partial charge in [0.05, 0.1) is 11.7 Å². The number of fused-ring (bicyclic) bond motifs is 2. The van der Waals surface area contributed by atoms with Crippen molar-refractivity contribution in [3.05, 3.63) is 76.2 Å². The summed E-state index contributed by atoms with van der Waals surface area (Å²) in [5.41, 5.74) is 1.17. The number of aromatic nitrogens is 2. The largest absolute Gasteiger partial charge is 0.339 e. The molecular weight excluding hydrogens is 396 g/mol. The van der Waals surface area contributed by atoms with Gasteiger partial charge >= 0.3 is 0 Å². The van der Waals surface area contributed by atoms with E-state index in [1.54, 1.807) is 6.07 Å². The van der Waals surface area contributed by atoms with E-state index in [1.807, 2.05) is 10.3 Å². The standard InChI is InChI=1S/C23H22N4O2S/c28-21(15-27-16-24-22-20(23(27)29)8-13-30-22)26-11-9-25(10-12-26)14-18-6-3-5-17-4-1-2-7-19(17)18/h1-8,13,16H,9-12,14-15H2. The Morgan fingerprint density at radius 1 is 0.967 bits per heavy atom. The highest BCUT2D eigenvalue weighted by Crippen LogP contribution is 2.20. The molecule has 2 aromatic carbocycles. The average molecular weight is 419 g/mol. The number of benzene rings is 2. The zero-order chi connectivity index (χ0) is 20.5.